The molecule has 0 bridgehead atoms. The van der Waals surface area contributed by atoms with Gasteiger partial charge in [0.15, 0.2) is 4.34 Å². The number of aromatic nitrogens is 2. The SMILES string of the molecule is CC(C)NC(=O)[C@@H](C)Sc1nnc(NCc2ccco2)s1. The Morgan fingerprint density at radius 1 is 1.43 bits per heavy atom. The Balaban J connectivity index is 1.83. The first kappa shape index (κ1) is 15.8. The van der Waals surface area contributed by atoms with Gasteiger partial charge in [-0.3, -0.25) is 4.79 Å². The lowest BCUT2D eigenvalue weighted by atomic mass is 10.3. The predicted molar refractivity (Wildman–Crippen MR) is 84.5 cm³/mol. The molecular weight excluding hydrogens is 308 g/mol. The largest absolute Gasteiger partial charge is 0.467 e. The number of furan rings is 1. The molecule has 0 aliphatic heterocycles. The number of anilines is 1. The fraction of sp³-hybridized carbons (Fsp3) is 0.462. The van der Waals surface area contributed by atoms with Crippen molar-refractivity contribution in [1.29, 1.82) is 0 Å². The number of carbonyl (C=O) groups excluding carboxylic acids is 1. The number of rotatable bonds is 7. The second kappa shape index (κ2) is 7.46. The summed E-state index contributed by atoms with van der Waals surface area (Å²) < 4.78 is 6.00. The average molecular weight is 326 g/mol. The number of nitrogens with zero attached hydrogens (tertiary/aromatic N) is 2. The van der Waals surface area contributed by atoms with Crippen LogP contribution in [0.25, 0.3) is 0 Å². The summed E-state index contributed by atoms with van der Waals surface area (Å²) in [6, 6.07) is 3.87. The maximum absolute atomic E-state index is 11.8. The Hall–Kier alpha value is -1.54. The van der Waals surface area contributed by atoms with Gasteiger partial charge in [-0.15, -0.1) is 10.2 Å². The summed E-state index contributed by atoms with van der Waals surface area (Å²) in [4.78, 5) is 11.8. The normalized spacial score (nSPS) is 12.4. The second-order valence-electron chi connectivity index (χ2n) is 4.73. The van der Waals surface area contributed by atoms with Gasteiger partial charge in [0.2, 0.25) is 11.0 Å². The monoisotopic (exact) mass is 326 g/mol. The van der Waals surface area contributed by atoms with Gasteiger partial charge in [-0.05, 0) is 32.9 Å². The fourth-order valence-electron chi connectivity index (χ4n) is 1.51. The lowest BCUT2D eigenvalue weighted by Crippen LogP contribution is -2.35. The Morgan fingerprint density at radius 3 is 2.90 bits per heavy atom. The summed E-state index contributed by atoms with van der Waals surface area (Å²) >= 11 is 2.83. The van der Waals surface area contributed by atoms with Crippen LogP contribution >= 0.6 is 23.1 Å². The molecule has 6 nitrogen and oxygen atoms in total. The number of carbonyl (C=O) groups is 1. The molecule has 21 heavy (non-hydrogen) atoms. The van der Waals surface area contributed by atoms with Crippen LogP contribution in [0.4, 0.5) is 5.13 Å². The number of hydrogen-bond donors (Lipinski definition) is 2. The molecule has 2 heterocycles. The molecule has 0 aromatic carbocycles. The standard InChI is InChI=1S/C13H18N4O2S2/c1-8(2)15-11(18)9(3)20-13-17-16-12(21-13)14-7-10-5-4-6-19-10/h4-6,8-9H,7H2,1-3H3,(H,14,16)(H,15,18)/t9-/m1/s1. The van der Waals surface area contributed by atoms with E-state index in [-0.39, 0.29) is 17.2 Å². The fourth-order valence-corrected chi connectivity index (χ4v) is 3.41. The van der Waals surface area contributed by atoms with E-state index in [1.165, 1.54) is 23.1 Å². The van der Waals surface area contributed by atoms with Crippen molar-refractivity contribution in [3.8, 4) is 0 Å². The molecule has 0 saturated carbocycles. The minimum atomic E-state index is -0.196. The molecule has 0 radical (unpaired) electrons. The van der Waals surface area contributed by atoms with Crippen molar-refractivity contribution in [1.82, 2.24) is 15.5 Å². The molecule has 2 aromatic heterocycles. The van der Waals surface area contributed by atoms with Gasteiger partial charge in [-0.25, -0.2) is 0 Å². The van der Waals surface area contributed by atoms with E-state index < -0.39 is 0 Å². The number of amides is 1. The highest BCUT2D eigenvalue weighted by atomic mass is 32.2. The van der Waals surface area contributed by atoms with E-state index in [1.807, 2.05) is 32.9 Å². The van der Waals surface area contributed by atoms with Crippen LogP contribution in [0.1, 0.15) is 26.5 Å². The van der Waals surface area contributed by atoms with Gasteiger partial charge < -0.3 is 15.1 Å². The van der Waals surface area contributed by atoms with Crippen LogP contribution in [-0.4, -0.2) is 27.4 Å². The van der Waals surface area contributed by atoms with Crippen LogP contribution in [0.5, 0.6) is 0 Å². The number of thioether (sulfide) groups is 1. The smallest absolute Gasteiger partial charge is 0.233 e. The zero-order chi connectivity index (χ0) is 15.2. The minimum Gasteiger partial charge on any atom is -0.467 e. The first-order valence-corrected chi connectivity index (χ1v) is 8.31. The van der Waals surface area contributed by atoms with Crippen molar-refractivity contribution in [2.45, 2.75) is 42.9 Å². The van der Waals surface area contributed by atoms with Crippen LogP contribution < -0.4 is 10.6 Å². The molecular formula is C13H18N4O2S2. The van der Waals surface area contributed by atoms with Crippen molar-refractivity contribution in [3.63, 3.8) is 0 Å². The van der Waals surface area contributed by atoms with Crippen LogP contribution in [0.15, 0.2) is 27.2 Å². The number of hydrogen-bond acceptors (Lipinski definition) is 7. The molecule has 1 atom stereocenters. The molecule has 0 aliphatic rings. The van der Waals surface area contributed by atoms with E-state index in [0.29, 0.717) is 11.7 Å². The topological polar surface area (TPSA) is 80.0 Å². The van der Waals surface area contributed by atoms with E-state index in [9.17, 15) is 4.79 Å². The van der Waals surface area contributed by atoms with E-state index in [4.69, 9.17) is 4.42 Å². The molecule has 2 N–H and O–H groups in total. The van der Waals surface area contributed by atoms with Crippen LogP contribution in [-0.2, 0) is 11.3 Å². The molecule has 0 spiro atoms. The third-order valence-corrected chi connectivity index (χ3v) is 4.54. The maximum atomic E-state index is 11.8. The van der Waals surface area contributed by atoms with Crippen molar-refractivity contribution in [3.05, 3.63) is 24.2 Å². The summed E-state index contributed by atoms with van der Waals surface area (Å²) in [5, 5.41) is 14.7. The van der Waals surface area contributed by atoms with E-state index in [0.717, 1.165) is 10.1 Å². The van der Waals surface area contributed by atoms with Gasteiger partial charge in [0.25, 0.3) is 0 Å². The lowest BCUT2D eigenvalue weighted by Gasteiger charge is -2.12. The first-order chi connectivity index (χ1) is 10.0. The molecule has 2 aromatic rings. The summed E-state index contributed by atoms with van der Waals surface area (Å²) in [5.41, 5.74) is 0. The maximum Gasteiger partial charge on any atom is 0.233 e. The Labute approximate surface area is 131 Å². The third kappa shape index (κ3) is 5.05. The minimum absolute atomic E-state index is 0.00953. The number of nitrogens with one attached hydrogen (secondary N) is 2. The summed E-state index contributed by atoms with van der Waals surface area (Å²) in [5.74, 6) is 0.847. The highest BCUT2D eigenvalue weighted by Crippen LogP contribution is 2.29. The summed E-state index contributed by atoms with van der Waals surface area (Å²) in [6.45, 7) is 6.31. The van der Waals surface area contributed by atoms with Gasteiger partial charge >= 0.3 is 0 Å². The van der Waals surface area contributed by atoms with Gasteiger partial charge in [0.1, 0.15) is 5.76 Å². The molecule has 0 fully saturated rings. The lowest BCUT2D eigenvalue weighted by molar-refractivity contribution is -0.120. The van der Waals surface area contributed by atoms with Crippen molar-refractivity contribution < 1.29 is 9.21 Å². The second-order valence-corrected chi connectivity index (χ2v) is 7.29. The van der Waals surface area contributed by atoms with Crippen LogP contribution in [0.3, 0.4) is 0 Å². The van der Waals surface area contributed by atoms with Crippen LogP contribution in [0, 0.1) is 0 Å². The molecule has 0 aliphatic carbocycles. The van der Waals surface area contributed by atoms with E-state index in [1.54, 1.807) is 6.26 Å². The first-order valence-electron chi connectivity index (χ1n) is 6.61. The Bertz CT molecular complexity index is 568. The van der Waals surface area contributed by atoms with Crippen LogP contribution in [0.2, 0.25) is 0 Å². The molecule has 0 saturated heterocycles. The predicted octanol–water partition coefficient (Wildman–Crippen LogP) is 2.75. The quantitative estimate of drug-likeness (QED) is 0.762. The van der Waals surface area contributed by atoms with Gasteiger partial charge in [0.05, 0.1) is 18.1 Å². The summed E-state index contributed by atoms with van der Waals surface area (Å²) in [6.07, 6.45) is 1.63. The highest BCUT2D eigenvalue weighted by molar-refractivity contribution is 8.02. The van der Waals surface area contributed by atoms with Gasteiger partial charge in [0, 0.05) is 6.04 Å². The Morgan fingerprint density at radius 2 is 2.24 bits per heavy atom. The average Bonchev–Trinajstić information content (AvgIpc) is 3.06. The van der Waals surface area contributed by atoms with Gasteiger partial charge in [-0.2, -0.15) is 0 Å². The molecule has 1 amide bonds. The molecule has 0 unspecified atom stereocenters. The van der Waals surface area contributed by atoms with Crippen molar-refractivity contribution in [2.24, 2.45) is 0 Å². The zero-order valence-corrected chi connectivity index (χ0v) is 13.8. The molecule has 114 valence electrons. The summed E-state index contributed by atoms with van der Waals surface area (Å²) in [7, 11) is 0. The molecule has 8 heteroatoms. The van der Waals surface area contributed by atoms with Crippen molar-refractivity contribution in [2.75, 3.05) is 5.32 Å². The Kier molecular flexibility index (Phi) is 5.63. The van der Waals surface area contributed by atoms with E-state index in [2.05, 4.69) is 20.8 Å². The van der Waals surface area contributed by atoms with E-state index >= 15 is 0 Å². The molecule has 2 rings (SSSR count). The van der Waals surface area contributed by atoms with Crippen molar-refractivity contribution >= 4 is 34.1 Å². The highest BCUT2D eigenvalue weighted by Gasteiger charge is 2.17. The third-order valence-electron chi connectivity index (χ3n) is 2.48. The zero-order valence-electron chi connectivity index (χ0n) is 12.1. The van der Waals surface area contributed by atoms with Gasteiger partial charge in [-0.1, -0.05) is 23.1 Å².